The molecule has 0 saturated heterocycles. The predicted octanol–water partition coefficient (Wildman–Crippen LogP) is 2.94. The first-order chi connectivity index (χ1) is 15.3. The van der Waals surface area contributed by atoms with Crippen molar-refractivity contribution in [1.29, 1.82) is 0 Å². The quantitative estimate of drug-likeness (QED) is 0.503. The van der Waals surface area contributed by atoms with E-state index in [1.807, 2.05) is 38.1 Å². The highest BCUT2D eigenvalue weighted by Gasteiger charge is 2.16. The van der Waals surface area contributed by atoms with Gasteiger partial charge in [0.1, 0.15) is 11.4 Å². The van der Waals surface area contributed by atoms with E-state index in [-0.39, 0.29) is 23.6 Å². The average molecular weight is 437 g/mol. The number of hydrogen-bond donors (Lipinski definition) is 0. The van der Waals surface area contributed by atoms with Crippen LogP contribution in [0.4, 0.5) is 0 Å². The van der Waals surface area contributed by atoms with E-state index in [0.717, 1.165) is 11.3 Å². The number of carbonyl (C=O) groups is 2. The van der Waals surface area contributed by atoms with Crippen LogP contribution >= 0.6 is 0 Å². The number of likely N-dealkylation sites (N-methyl/N-ethyl adjacent to an activating group) is 1. The monoisotopic (exact) mass is 437 g/mol. The van der Waals surface area contributed by atoms with E-state index in [4.69, 9.17) is 9.47 Å². The first-order valence-electron chi connectivity index (χ1n) is 10.5. The molecule has 1 amide bonds. The Hall–Kier alpha value is -3.68. The van der Waals surface area contributed by atoms with Crippen molar-refractivity contribution in [2.45, 2.75) is 33.9 Å². The number of ether oxygens (including phenoxy) is 2. The standard InChI is InChI=1S/C24H27N3O5/c1-5-27-21-12-9-18(13-20(21)25-16(3)23(27)29)24(30)32-15-22(28)26(4)14-17-7-10-19(11-8-17)31-6-2/h7-13H,5-6,14-15H2,1-4H3. The summed E-state index contributed by atoms with van der Waals surface area (Å²) >= 11 is 0. The molecule has 0 aliphatic carbocycles. The fourth-order valence-electron chi connectivity index (χ4n) is 3.36. The molecule has 0 radical (unpaired) electrons. The van der Waals surface area contributed by atoms with Crippen LogP contribution in [0.3, 0.4) is 0 Å². The van der Waals surface area contributed by atoms with Crippen molar-refractivity contribution in [2.24, 2.45) is 0 Å². The van der Waals surface area contributed by atoms with Crippen LogP contribution in [0, 0.1) is 6.92 Å². The summed E-state index contributed by atoms with van der Waals surface area (Å²) in [5.41, 5.74) is 2.58. The van der Waals surface area contributed by atoms with Crippen LogP contribution < -0.4 is 10.3 Å². The highest BCUT2D eigenvalue weighted by molar-refractivity contribution is 5.94. The Morgan fingerprint density at radius 3 is 2.47 bits per heavy atom. The van der Waals surface area contributed by atoms with Crippen LogP contribution in [0.1, 0.15) is 35.5 Å². The second kappa shape index (κ2) is 10.1. The molecule has 0 aliphatic rings. The topological polar surface area (TPSA) is 90.7 Å². The van der Waals surface area contributed by atoms with Gasteiger partial charge in [-0.05, 0) is 56.7 Å². The van der Waals surface area contributed by atoms with Gasteiger partial charge in [-0.25, -0.2) is 9.78 Å². The summed E-state index contributed by atoms with van der Waals surface area (Å²) in [4.78, 5) is 42.9. The summed E-state index contributed by atoms with van der Waals surface area (Å²) in [5, 5.41) is 0. The lowest BCUT2D eigenvalue weighted by molar-refractivity contribution is -0.133. The first-order valence-corrected chi connectivity index (χ1v) is 10.5. The first kappa shape index (κ1) is 23.0. The number of rotatable bonds is 8. The maximum absolute atomic E-state index is 12.5. The van der Waals surface area contributed by atoms with Gasteiger partial charge in [-0.15, -0.1) is 0 Å². The largest absolute Gasteiger partial charge is 0.494 e. The number of esters is 1. The van der Waals surface area contributed by atoms with Gasteiger partial charge >= 0.3 is 5.97 Å². The molecule has 0 spiro atoms. The number of amides is 1. The van der Waals surface area contributed by atoms with E-state index in [0.29, 0.717) is 36.4 Å². The summed E-state index contributed by atoms with van der Waals surface area (Å²) in [5.74, 6) is -0.166. The Morgan fingerprint density at radius 1 is 1.09 bits per heavy atom. The lowest BCUT2D eigenvalue weighted by atomic mass is 10.2. The molecule has 2 aromatic carbocycles. The molecular formula is C24H27N3O5. The minimum Gasteiger partial charge on any atom is -0.494 e. The molecule has 168 valence electrons. The molecule has 3 aromatic rings. The minimum atomic E-state index is -0.622. The van der Waals surface area contributed by atoms with Crippen LogP contribution in [0.15, 0.2) is 47.3 Å². The van der Waals surface area contributed by atoms with E-state index in [1.54, 1.807) is 36.7 Å². The SMILES string of the molecule is CCOc1ccc(CN(C)C(=O)COC(=O)c2ccc3c(c2)nc(C)c(=O)n3CC)cc1. The number of nitrogens with zero attached hydrogens (tertiary/aromatic N) is 3. The normalized spacial score (nSPS) is 10.8. The Balaban J connectivity index is 1.63. The van der Waals surface area contributed by atoms with Crippen LogP contribution in [0.5, 0.6) is 5.75 Å². The van der Waals surface area contributed by atoms with Gasteiger partial charge in [-0.3, -0.25) is 9.59 Å². The third-order valence-corrected chi connectivity index (χ3v) is 5.07. The Morgan fingerprint density at radius 2 is 1.81 bits per heavy atom. The number of fused-ring (bicyclic) bond motifs is 1. The predicted molar refractivity (Wildman–Crippen MR) is 121 cm³/mol. The van der Waals surface area contributed by atoms with Crippen LogP contribution in [0.25, 0.3) is 11.0 Å². The molecule has 0 unspecified atom stereocenters. The molecule has 8 nitrogen and oxygen atoms in total. The lowest BCUT2D eigenvalue weighted by Gasteiger charge is -2.17. The molecule has 0 fully saturated rings. The Kier molecular flexibility index (Phi) is 7.25. The molecule has 0 aliphatic heterocycles. The molecule has 0 atom stereocenters. The van der Waals surface area contributed by atoms with Gasteiger partial charge in [0.2, 0.25) is 0 Å². The number of aryl methyl sites for hydroxylation is 2. The van der Waals surface area contributed by atoms with Crippen molar-refractivity contribution in [1.82, 2.24) is 14.5 Å². The van der Waals surface area contributed by atoms with Gasteiger partial charge in [-0.1, -0.05) is 12.1 Å². The van der Waals surface area contributed by atoms with E-state index >= 15 is 0 Å². The van der Waals surface area contributed by atoms with Crippen molar-refractivity contribution >= 4 is 22.9 Å². The molecule has 1 heterocycles. The maximum atomic E-state index is 12.5. The lowest BCUT2D eigenvalue weighted by Crippen LogP contribution is -2.30. The highest BCUT2D eigenvalue weighted by atomic mass is 16.5. The fourth-order valence-corrected chi connectivity index (χ4v) is 3.36. The van der Waals surface area contributed by atoms with Gasteiger partial charge in [-0.2, -0.15) is 0 Å². The zero-order valence-electron chi connectivity index (χ0n) is 18.8. The summed E-state index contributed by atoms with van der Waals surface area (Å²) in [6.45, 7) is 6.53. The van der Waals surface area contributed by atoms with E-state index in [9.17, 15) is 14.4 Å². The number of benzene rings is 2. The highest BCUT2D eigenvalue weighted by Crippen LogP contribution is 2.15. The summed E-state index contributed by atoms with van der Waals surface area (Å²) < 4.78 is 12.2. The van der Waals surface area contributed by atoms with Crippen molar-refractivity contribution in [3.8, 4) is 5.75 Å². The van der Waals surface area contributed by atoms with Crippen LogP contribution in [-0.2, 0) is 22.6 Å². The van der Waals surface area contributed by atoms with Crippen LogP contribution in [0.2, 0.25) is 0 Å². The fraction of sp³-hybridized carbons (Fsp3) is 0.333. The van der Waals surface area contributed by atoms with E-state index in [2.05, 4.69) is 4.98 Å². The van der Waals surface area contributed by atoms with Crippen molar-refractivity contribution < 1.29 is 19.1 Å². The van der Waals surface area contributed by atoms with Gasteiger partial charge in [0.15, 0.2) is 6.61 Å². The van der Waals surface area contributed by atoms with Crippen molar-refractivity contribution in [3.63, 3.8) is 0 Å². The zero-order chi connectivity index (χ0) is 23.3. The molecule has 0 bridgehead atoms. The molecule has 3 rings (SSSR count). The van der Waals surface area contributed by atoms with Gasteiger partial charge in [0.25, 0.3) is 11.5 Å². The molecule has 0 saturated carbocycles. The van der Waals surface area contributed by atoms with Crippen LogP contribution in [-0.4, -0.2) is 46.6 Å². The molecule has 8 heteroatoms. The summed E-state index contributed by atoms with van der Waals surface area (Å²) in [6, 6.07) is 12.3. The molecule has 32 heavy (non-hydrogen) atoms. The van der Waals surface area contributed by atoms with Gasteiger partial charge in [0, 0.05) is 20.1 Å². The van der Waals surface area contributed by atoms with Gasteiger partial charge in [0.05, 0.1) is 23.2 Å². The van der Waals surface area contributed by atoms with E-state index in [1.165, 1.54) is 4.90 Å². The van der Waals surface area contributed by atoms with Crippen molar-refractivity contribution in [3.05, 3.63) is 69.6 Å². The third kappa shape index (κ3) is 5.14. The summed E-state index contributed by atoms with van der Waals surface area (Å²) in [6.07, 6.45) is 0. The third-order valence-electron chi connectivity index (χ3n) is 5.07. The molecule has 1 aromatic heterocycles. The zero-order valence-corrected chi connectivity index (χ0v) is 18.8. The van der Waals surface area contributed by atoms with Gasteiger partial charge < -0.3 is 18.9 Å². The minimum absolute atomic E-state index is 0.156. The maximum Gasteiger partial charge on any atom is 0.338 e. The Bertz CT molecular complexity index is 1180. The number of aromatic nitrogens is 2. The van der Waals surface area contributed by atoms with Crippen molar-refractivity contribution in [2.75, 3.05) is 20.3 Å². The number of hydrogen-bond acceptors (Lipinski definition) is 6. The second-order valence-corrected chi connectivity index (χ2v) is 7.35. The average Bonchev–Trinajstić information content (AvgIpc) is 2.79. The van der Waals surface area contributed by atoms with E-state index < -0.39 is 5.97 Å². The smallest absolute Gasteiger partial charge is 0.338 e. The summed E-state index contributed by atoms with van der Waals surface area (Å²) in [7, 11) is 1.65. The molecule has 0 N–H and O–H groups in total. The second-order valence-electron chi connectivity index (χ2n) is 7.35. The number of carbonyl (C=O) groups excluding carboxylic acids is 2. The molecular weight excluding hydrogens is 410 g/mol. The Labute approximate surface area is 186 Å².